The van der Waals surface area contributed by atoms with Crippen LogP contribution in [-0.2, 0) is 14.3 Å². The minimum atomic E-state index is 0.0900. The summed E-state index contributed by atoms with van der Waals surface area (Å²) in [6.45, 7) is 5.25. The summed E-state index contributed by atoms with van der Waals surface area (Å²) in [6.07, 6.45) is 2.55. The molecule has 2 heterocycles. The van der Waals surface area contributed by atoms with Gasteiger partial charge in [0.05, 0.1) is 19.1 Å². The summed E-state index contributed by atoms with van der Waals surface area (Å²) in [5, 5.41) is 0. The van der Waals surface area contributed by atoms with Crippen molar-refractivity contribution >= 4 is 11.8 Å². The van der Waals surface area contributed by atoms with Gasteiger partial charge in [-0.15, -0.1) is 0 Å². The van der Waals surface area contributed by atoms with Crippen molar-refractivity contribution < 1.29 is 14.3 Å². The van der Waals surface area contributed by atoms with Gasteiger partial charge in [0.2, 0.25) is 11.8 Å². The van der Waals surface area contributed by atoms with Crippen LogP contribution in [0, 0.1) is 5.92 Å². The summed E-state index contributed by atoms with van der Waals surface area (Å²) in [6, 6.07) is 0. The summed E-state index contributed by atoms with van der Waals surface area (Å²) < 4.78 is 5.26. The number of amides is 2. The third-order valence-electron chi connectivity index (χ3n) is 4.30. The van der Waals surface area contributed by atoms with Crippen LogP contribution in [0.1, 0.15) is 19.3 Å². The minimum absolute atomic E-state index is 0.0900. The molecule has 0 saturated carbocycles. The standard InChI is InChI=1S/C15H27N3O3/c1-16(2)15(20)13-4-3-6-17(12-13)7-5-14(19)18-8-10-21-11-9-18/h13H,3-12H2,1-2H3. The van der Waals surface area contributed by atoms with E-state index in [-0.39, 0.29) is 17.7 Å². The van der Waals surface area contributed by atoms with Gasteiger partial charge in [-0.25, -0.2) is 0 Å². The Balaban J connectivity index is 1.74. The van der Waals surface area contributed by atoms with Gasteiger partial charge < -0.3 is 19.4 Å². The maximum absolute atomic E-state index is 12.1. The van der Waals surface area contributed by atoms with Crippen molar-refractivity contribution in [3.8, 4) is 0 Å². The molecule has 0 aromatic carbocycles. The molecule has 0 aromatic heterocycles. The second-order valence-electron chi connectivity index (χ2n) is 6.12. The van der Waals surface area contributed by atoms with Gasteiger partial charge in [0.25, 0.3) is 0 Å². The molecular weight excluding hydrogens is 270 g/mol. The van der Waals surface area contributed by atoms with Crippen LogP contribution in [0.15, 0.2) is 0 Å². The highest BCUT2D eigenvalue weighted by Gasteiger charge is 2.27. The highest BCUT2D eigenvalue weighted by molar-refractivity contribution is 5.78. The molecule has 0 spiro atoms. The van der Waals surface area contributed by atoms with Gasteiger partial charge in [-0.3, -0.25) is 9.59 Å². The lowest BCUT2D eigenvalue weighted by Crippen LogP contribution is -2.45. The number of ether oxygens (including phenoxy) is 1. The van der Waals surface area contributed by atoms with Gasteiger partial charge in [0, 0.05) is 46.7 Å². The van der Waals surface area contributed by atoms with E-state index in [9.17, 15) is 9.59 Å². The first-order valence-electron chi connectivity index (χ1n) is 7.87. The number of hydrogen-bond acceptors (Lipinski definition) is 4. The number of nitrogens with zero attached hydrogens (tertiary/aromatic N) is 3. The predicted molar refractivity (Wildman–Crippen MR) is 79.9 cm³/mol. The Hall–Kier alpha value is -1.14. The molecule has 2 aliphatic rings. The summed E-state index contributed by atoms with van der Waals surface area (Å²) in [7, 11) is 3.62. The molecule has 2 fully saturated rings. The second kappa shape index (κ2) is 7.75. The third-order valence-corrected chi connectivity index (χ3v) is 4.30. The molecule has 0 aromatic rings. The van der Waals surface area contributed by atoms with E-state index in [1.54, 1.807) is 4.90 Å². The highest BCUT2D eigenvalue weighted by Crippen LogP contribution is 2.18. The molecule has 0 radical (unpaired) electrons. The van der Waals surface area contributed by atoms with Gasteiger partial charge in [-0.1, -0.05) is 0 Å². The lowest BCUT2D eigenvalue weighted by molar-refractivity contribution is -0.136. The third kappa shape index (κ3) is 4.68. The fraction of sp³-hybridized carbons (Fsp3) is 0.867. The number of carbonyl (C=O) groups excluding carboxylic acids is 2. The summed E-state index contributed by atoms with van der Waals surface area (Å²) in [5.74, 6) is 0.505. The second-order valence-corrected chi connectivity index (χ2v) is 6.12. The first-order chi connectivity index (χ1) is 10.1. The van der Waals surface area contributed by atoms with Gasteiger partial charge >= 0.3 is 0 Å². The largest absolute Gasteiger partial charge is 0.378 e. The Morgan fingerprint density at radius 3 is 2.57 bits per heavy atom. The topological polar surface area (TPSA) is 53.1 Å². The van der Waals surface area contributed by atoms with Gasteiger partial charge in [0.15, 0.2) is 0 Å². The molecule has 2 aliphatic heterocycles. The van der Waals surface area contributed by atoms with E-state index in [4.69, 9.17) is 4.74 Å². The Morgan fingerprint density at radius 1 is 1.19 bits per heavy atom. The average molecular weight is 297 g/mol. The van der Waals surface area contributed by atoms with Crippen molar-refractivity contribution in [3.05, 3.63) is 0 Å². The van der Waals surface area contributed by atoms with Crippen LogP contribution in [0.5, 0.6) is 0 Å². The number of hydrogen-bond donors (Lipinski definition) is 0. The predicted octanol–water partition coefficient (Wildman–Crippen LogP) is 0.0355. The number of carbonyl (C=O) groups is 2. The molecular formula is C15H27N3O3. The van der Waals surface area contributed by atoms with Crippen LogP contribution in [0.4, 0.5) is 0 Å². The summed E-state index contributed by atoms with van der Waals surface area (Å²) >= 11 is 0. The van der Waals surface area contributed by atoms with Crippen LogP contribution >= 0.6 is 0 Å². The Kier molecular flexibility index (Phi) is 5.99. The van der Waals surface area contributed by atoms with E-state index in [1.807, 2.05) is 19.0 Å². The molecule has 21 heavy (non-hydrogen) atoms. The molecule has 120 valence electrons. The van der Waals surface area contributed by atoms with Gasteiger partial charge in [-0.05, 0) is 19.4 Å². The lowest BCUT2D eigenvalue weighted by Gasteiger charge is -2.34. The molecule has 1 unspecified atom stereocenters. The first kappa shape index (κ1) is 16.2. The monoisotopic (exact) mass is 297 g/mol. The van der Waals surface area contributed by atoms with Crippen molar-refractivity contribution in [2.24, 2.45) is 5.92 Å². The Labute approximate surface area is 127 Å². The highest BCUT2D eigenvalue weighted by atomic mass is 16.5. The van der Waals surface area contributed by atoms with Crippen molar-refractivity contribution in [2.75, 3.05) is 60.0 Å². The van der Waals surface area contributed by atoms with Gasteiger partial charge in [-0.2, -0.15) is 0 Å². The maximum Gasteiger partial charge on any atom is 0.226 e. The molecule has 0 N–H and O–H groups in total. The zero-order chi connectivity index (χ0) is 15.2. The van der Waals surface area contributed by atoms with E-state index in [0.717, 1.165) is 32.5 Å². The zero-order valence-electron chi connectivity index (χ0n) is 13.2. The lowest BCUT2D eigenvalue weighted by atomic mass is 9.96. The van der Waals surface area contributed by atoms with E-state index in [0.29, 0.717) is 32.7 Å². The molecule has 1 atom stereocenters. The van der Waals surface area contributed by atoms with Crippen LogP contribution in [-0.4, -0.2) is 86.5 Å². The zero-order valence-corrected chi connectivity index (χ0v) is 13.2. The number of morpholine rings is 1. The van der Waals surface area contributed by atoms with Crippen molar-refractivity contribution in [3.63, 3.8) is 0 Å². The number of rotatable bonds is 4. The fourth-order valence-corrected chi connectivity index (χ4v) is 3.05. The molecule has 6 heteroatoms. The molecule has 2 rings (SSSR count). The Morgan fingerprint density at radius 2 is 1.90 bits per heavy atom. The molecule has 0 aliphatic carbocycles. The fourth-order valence-electron chi connectivity index (χ4n) is 3.05. The van der Waals surface area contributed by atoms with Gasteiger partial charge in [0.1, 0.15) is 0 Å². The summed E-state index contributed by atoms with van der Waals surface area (Å²) in [5.41, 5.74) is 0. The molecule has 2 amide bonds. The first-order valence-corrected chi connectivity index (χ1v) is 7.87. The molecule has 2 saturated heterocycles. The van der Waals surface area contributed by atoms with Crippen LogP contribution in [0.3, 0.4) is 0 Å². The number of likely N-dealkylation sites (tertiary alicyclic amines) is 1. The van der Waals surface area contributed by atoms with Crippen LogP contribution in [0.25, 0.3) is 0 Å². The number of piperidine rings is 1. The molecule has 0 bridgehead atoms. The van der Waals surface area contributed by atoms with E-state index >= 15 is 0 Å². The van der Waals surface area contributed by atoms with E-state index < -0.39 is 0 Å². The van der Waals surface area contributed by atoms with Crippen molar-refractivity contribution in [2.45, 2.75) is 19.3 Å². The maximum atomic E-state index is 12.1. The van der Waals surface area contributed by atoms with Crippen LogP contribution in [0.2, 0.25) is 0 Å². The van der Waals surface area contributed by atoms with E-state index in [2.05, 4.69) is 4.90 Å². The minimum Gasteiger partial charge on any atom is -0.378 e. The smallest absolute Gasteiger partial charge is 0.226 e. The Bertz CT molecular complexity index is 367. The summed E-state index contributed by atoms with van der Waals surface area (Å²) in [4.78, 5) is 30.0. The van der Waals surface area contributed by atoms with Crippen molar-refractivity contribution in [1.29, 1.82) is 0 Å². The average Bonchev–Trinajstić information content (AvgIpc) is 2.53. The SMILES string of the molecule is CN(C)C(=O)C1CCCN(CCC(=O)N2CCOCC2)C1. The molecule has 6 nitrogen and oxygen atoms in total. The quantitative estimate of drug-likeness (QED) is 0.735. The van der Waals surface area contributed by atoms with Crippen LogP contribution < -0.4 is 0 Å². The van der Waals surface area contributed by atoms with Crippen molar-refractivity contribution in [1.82, 2.24) is 14.7 Å². The normalized spacial score (nSPS) is 23.9. The van der Waals surface area contributed by atoms with E-state index in [1.165, 1.54) is 0 Å².